The Kier molecular flexibility index (Phi) is 7.02. The van der Waals surface area contributed by atoms with Crippen molar-refractivity contribution in [3.63, 3.8) is 0 Å². The number of esters is 1. The maximum Gasteiger partial charge on any atom is 0.344 e. The highest BCUT2D eigenvalue weighted by Gasteiger charge is 2.11. The third-order valence-electron chi connectivity index (χ3n) is 2.96. The lowest BCUT2D eigenvalue weighted by Gasteiger charge is -2.14. The van der Waals surface area contributed by atoms with Gasteiger partial charge in [-0.2, -0.15) is 0 Å². The summed E-state index contributed by atoms with van der Waals surface area (Å²) in [4.78, 5) is 11.5. The van der Waals surface area contributed by atoms with Gasteiger partial charge in [0.2, 0.25) is 0 Å². The Bertz CT molecular complexity index is 460. The Balaban J connectivity index is 2.73. The first-order valence-electron chi connectivity index (χ1n) is 7.21. The molecule has 0 aliphatic rings. The van der Waals surface area contributed by atoms with Crippen LogP contribution in [0.2, 0.25) is 0 Å². The monoisotopic (exact) mass is 295 g/mol. The summed E-state index contributed by atoms with van der Waals surface area (Å²) in [7, 11) is 1.56. The van der Waals surface area contributed by atoms with Crippen LogP contribution in [0.4, 0.5) is 0 Å². The molecule has 0 saturated heterocycles. The molecule has 0 aliphatic heterocycles. The van der Waals surface area contributed by atoms with Crippen molar-refractivity contribution in [2.45, 2.75) is 45.8 Å². The molecule has 0 radical (unpaired) electrons. The topological polar surface area (TPSA) is 70.8 Å². The Hall–Kier alpha value is -1.75. The molecule has 2 N–H and O–H groups in total. The molecule has 0 amide bonds. The third-order valence-corrected chi connectivity index (χ3v) is 2.96. The van der Waals surface area contributed by atoms with Crippen LogP contribution < -0.4 is 15.2 Å². The maximum absolute atomic E-state index is 11.5. The van der Waals surface area contributed by atoms with E-state index in [2.05, 4.69) is 0 Å². The minimum Gasteiger partial charge on any atom is -0.493 e. The van der Waals surface area contributed by atoms with E-state index < -0.39 is 5.97 Å². The maximum atomic E-state index is 11.5. The van der Waals surface area contributed by atoms with Crippen LogP contribution in [-0.4, -0.2) is 31.8 Å². The molecule has 0 spiro atoms. The fourth-order valence-electron chi connectivity index (χ4n) is 1.84. The summed E-state index contributed by atoms with van der Waals surface area (Å²) < 4.78 is 15.8. The van der Waals surface area contributed by atoms with Crippen molar-refractivity contribution in [3.8, 4) is 11.5 Å². The van der Waals surface area contributed by atoms with Crippen molar-refractivity contribution >= 4 is 5.97 Å². The summed E-state index contributed by atoms with van der Waals surface area (Å²) in [6.07, 6.45) is 1.51. The predicted molar refractivity (Wildman–Crippen MR) is 81.7 cm³/mol. The number of benzene rings is 1. The molecule has 1 unspecified atom stereocenters. The van der Waals surface area contributed by atoms with Gasteiger partial charge in [0.15, 0.2) is 18.1 Å². The molecule has 1 atom stereocenters. The molecule has 5 nitrogen and oxygen atoms in total. The Morgan fingerprint density at radius 1 is 1.29 bits per heavy atom. The van der Waals surface area contributed by atoms with Gasteiger partial charge in [-0.15, -0.1) is 0 Å². The van der Waals surface area contributed by atoms with E-state index in [1.165, 1.54) is 0 Å². The first-order chi connectivity index (χ1) is 9.96. The Morgan fingerprint density at radius 3 is 2.57 bits per heavy atom. The molecule has 0 bridgehead atoms. The van der Waals surface area contributed by atoms with Gasteiger partial charge in [0, 0.05) is 6.04 Å². The average molecular weight is 295 g/mol. The number of nitrogens with two attached hydrogens (primary N) is 1. The zero-order chi connectivity index (χ0) is 15.8. The second-order valence-electron chi connectivity index (χ2n) is 5.18. The van der Waals surface area contributed by atoms with E-state index in [1.54, 1.807) is 21.0 Å². The number of hydrogen-bond acceptors (Lipinski definition) is 5. The second-order valence-corrected chi connectivity index (χ2v) is 5.18. The smallest absolute Gasteiger partial charge is 0.344 e. The Morgan fingerprint density at radius 2 is 2.00 bits per heavy atom. The fraction of sp³-hybridized carbons (Fsp3) is 0.562. The second kappa shape index (κ2) is 8.52. The fourth-order valence-corrected chi connectivity index (χ4v) is 1.84. The van der Waals surface area contributed by atoms with Crippen LogP contribution in [0.15, 0.2) is 18.2 Å². The molecule has 118 valence electrons. The van der Waals surface area contributed by atoms with Gasteiger partial charge in [-0.25, -0.2) is 4.79 Å². The van der Waals surface area contributed by atoms with E-state index >= 15 is 0 Å². The van der Waals surface area contributed by atoms with E-state index in [4.69, 9.17) is 19.9 Å². The lowest BCUT2D eigenvalue weighted by Crippen LogP contribution is -2.21. The largest absolute Gasteiger partial charge is 0.493 e. The summed E-state index contributed by atoms with van der Waals surface area (Å²) in [5, 5.41) is 0. The van der Waals surface area contributed by atoms with Gasteiger partial charge >= 0.3 is 5.97 Å². The number of carbonyl (C=O) groups is 1. The van der Waals surface area contributed by atoms with Gasteiger partial charge in [-0.05, 0) is 44.4 Å². The highest BCUT2D eigenvalue weighted by molar-refractivity contribution is 5.71. The summed E-state index contributed by atoms with van der Waals surface area (Å²) in [5.41, 5.74) is 7.01. The van der Waals surface area contributed by atoms with Gasteiger partial charge in [0.25, 0.3) is 0 Å². The van der Waals surface area contributed by atoms with Crippen LogP contribution in [0.5, 0.6) is 11.5 Å². The SMILES string of the molecule is CCC(N)Cc1ccc(OC)c(OCC(=O)OC(C)C)c1. The first-order valence-corrected chi connectivity index (χ1v) is 7.21. The number of hydrogen-bond donors (Lipinski definition) is 1. The van der Waals surface area contributed by atoms with Crippen LogP contribution >= 0.6 is 0 Å². The number of methoxy groups -OCH3 is 1. The van der Waals surface area contributed by atoms with Crippen molar-refractivity contribution in [1.29, 1.82) is 0 Å². The standard InChI is InChI=1S/C16H25NO4/c1-5-13(17)8-12-6-7-14(19-4)15(9-12)20-10-16(18)21-11(2)3/h6-7,9,11,13H,5,8,10,17H2,1-4H3. The molecular formula is C16H25NO4. The summed E-state index contributed by atoms with van der Waals surface area (Å²) in [6, 6.07) is 5.74. The van der Waals surface area contributed by atoms with Crippen LogP contribution in [0.3, 0.4) is 0 Å². The Labute approximate surface area is 126 Å². The van der Waals surface area contributed by atoms with Crippen molar-refractivity contribution in [1.82, 2.24) is 0 Å². The third kappa shape index (κ3) is 6.04. The van der Waals surface area contributed by atoms with Crippen LogP contribution in [0.1, 0.15) is 32.8 Å². The van der Waals surface area contributed by atoms with E-state index in [1.807, 2.05) is 25.1 Å². The summed E-state index contributed by atoms with van der Waals surface area (Å²) >= 11 is 0. The predicted octanol–water partition coefficient (Wildman–Crippen LogP) is 2.31. The summed E-state index contributed by atoms with van der Waals surface area (Å²) in [6.45, 7) is 5.50. The van der Waals surface area contributed by atoms with E-state index in [0.717, 1.165) is 18.4 Å². The molecule has 21 heavy (non-hydrogen) atoms. The quantitative estimate of drug-likeness (QED) is 0.745. The molecule has 0 heterocycles. The molecule has 1 aromatic carbocycles. The van der Waals surface area contributed by atoms with E-state index in [0.29, 0.717) is 11.5 Å². The molecule has 0 saturated carbocycles. The molecule has 1 rings (SSSR count). The lowest BCUT2D eigenvalue weighted by molar-refractivity contribution is -0.149. The van der Waals surface area contributed by atoms with Crippen LogP contribution in [-0.2, 0) is 16.0 Å². The minimum absolute atomic E-state index is 0.108. The first kappa shape index (κ1) is 17.3. The van der Waals surface area contributed by atoms with Crippen molar-refractivity contribution in [2.24, 2.45) is 5.73 Å². The van der Waals surface area contributed by atoms with Crippen molar-refractivity contribution in [3.05, 3.63) is 23.8 Å². The summed E-state index contributed by atoms with van der Waals surface area (Å²) in [5.74, 6) is 0.711. The minimum atomic E-state index is -0.400. The molecular weight excluding hydrogens is 270 g/mol. The highest BCUT2D eigenvalue weighted by atomic mass is 16.6. The highest BCUT2D eigenvalue weighted by Crippen LogP contribution is 2.28. The number of ether oxygens (including phenoxy) is 3. The van der Waals surface area contributed by atoms with E-state index in [9.17, 15) is 4.79 Å². The van der Waals surface area contributed by atoms with Gasteiger partial charge in [-0.3, -0.25) is 0 Å². The number of rotatable bonds is 8. The zero-order valence-electron chi connectivity index (χ0n) is 13.2. The average Bonchev–Trinajstić information content (AvgIpc) is 2.44. The molecule has 0 aromatic heterocycles. The van der Waals surface area contributed by atoms with Gasteiger partial charge in [0.05, 0.1) is 13.2 Å². The molecule has 5 heteroatoms. The normalized spacial score (nSPS) is 12.1. The van der Waals surface area contributed by atoms with E-state index in [-0.39, 0.29) is 18.8 Å². The van der Waals surface area contributed by atoms with Crippen LogP contribution in [0, 0.1) is 0 Å². The van der Waals surface area contributed by atoms with Gasteiger partial charge < -0.3 is 19.9 Å². The molecule has 0 aliphatic carbocycles. The van der Waals surface area contributed by atoms with Gasteiger partial charge in [-0.1, -0.05) is 13.0 Å². The number of carbonyl (C=O) groups excluding carboxylic acids is 1. The lowest BCUT2D eigenvalue weighted by atomic mass is 10.0. The molecule has 0 fully saturated rings. The van der Waals surface area contributed by atoms with Crippen LogP contribution in [0.25, 0.3) is 0 Å². The zero-order valence-corrected chi connectivity index (χ0v) is 13.2. The molecule has 1 aromatic rings. The van der Waals surface area contributed by atoms with Crippen molar-refractivity contribution in [2.75, 3.05) is 13.7 Å². The van der Waals surface area contributed by atoms with Crippen molar-refractivity contribution < 1.29 is 19.0 Å². The van der Waals surface area contributed by atoms with Gasteiger partial charge in [0.1, 0.15) is 0 Å².